The molecule has 0 aliphatic carbocycles. The molecule has 6 heteroatoms. The first-order valence-corrected chi connectivity index (χ1v) is 5.48. The fourth-order valence-electron chi connectivity index (χ4n) is 1.31. The van der Waals surface area contributed by atoms with Crippen LogP contribution in [0.5, 0.6) is 0 Å². The van der Waals surface area contributed by atoms with E-state index >= 15 is 0 Å². The van der Waals surface area contributed by atoms with Gasteiger partial charge in [0.1, 0.15) is 5.60 Å². The molecule has 92 valence electrons. The predicted octanol–water partition coefficient (Wildman–Crippen LogP) is 1.41. The summed E-state index contributed by atoms with van der Waals surface area (Å²) in [5.41, 5.74) is 4.64. The van der Waals surface area contributed by atoms with Gasteiger partial charge in [-0.3, -0.25) is 0 Å². The van der Waals surface area contributed by atoms with E-state index in [1.165, 1.54) is 0 Å². The molecule has 0 aromatic carbocycles. The monoisotopic (exact) mass is 228 g/mol. The van der Waals surface area contributed by atoms with Crippen LogP contribution < -0.4 is 11.1 Å². The van der Waals surface area contributed by atoms with Crippen molar-refractivity contribution in [2.45, 2.75) is 44.9 Å². The largest absolute Gasteiger partial charge is 0.444 e. The van der Waals surface area contributed by atoms with Crippen molar-refractivity contribution in [2.75, 3.05) is 13.1 Å². The summed E-state index contributed by atoms with van der Waals surface area (Å²) in [6.45, 7) is 6.54. The normalized spacial score (nSPS) is 17.0. The van der Waals surface area contributed by atoms with Gasteiger partial charge in [-0.1, -0.05) is 0 Å². The third-order valence-electron chi connectivity index (χ3n) is 2.12. The van der Waals surface area contributed by atoms with Crippen LogP contribution in [0.1, 0.15) is 33.6 Å². The summed E-state index contributed by atoms with van der Waals surface area (Å²) in [4.78, 5) is 11.3. The van der Waals surface area contributed by atoms with Gasteiger partial charge in [-0.05, 0) is 27.3 Å². The van der Waals surface area contributed by atoms with Gasteiger partial charge in [-0.25, -0.2) is 4.79 Å². The van der Waals surface area contributed by atoms with Gasteiger partial charge in [0.15, 0.2) is 5.66 Å². The zero-order chi connectivity index (χ0) is 12.2. The van der Waals surface area contributed by atoms with Gasteiger partial charge in [-0.15, -0.1) is 0 Å². The molecule has 1 heterocycles. The van der Waals surface area contributed by atoms with Crippen LogP contribution in [0.3, 0.4) is 0 Å². The lowest BCUT2D eigenvalue weighted by molar-refractivity contribution is 0.0525. The van der Waals surface area contributed by atoms with Gasteiger partial charge in [-0.2, -0.15) is 10.2 Å². The number of nitrogens with zero attached hydrogens (tertiary/aromatic N) is 2. The molecule has 1 rings (SSSR count). The van der Waals surface area contributed by atoms with E-state index in [-0.39, 0.29) is 5.66 Å². The second kappa shape index (κ2) is 4.78. The van der Waals surface area contributed by atoms with Gasteiger partial charge in [0.2, 0.25) is 0 Å². The van der Waals surface area contributed by atoms with E-state index in [1.807, 2.05) is 20.8 Å². The summed E-state index contributed by atoms with van der Waals surface area (Å²) in [5.74, 6) is 0. The Balaban J connectivity index is 2.14. The number of hydrogen-bond donors (Lipinski definition) is 2. The van der Waals surface area contributed by atoms with Gasteiger partial charge in [0.05, 0.1) is 0 Å². The van der Waals surface area contributed by atoms with E-state index < -0.39 is 11.7 Å². The van der Waals surface area contributed by atoms with Crippen molar-refractivity contribution in [2.24, 2.45) is 16.0 Å². The van der Waals surface area contributed by atoms with Gasteiger partial charge in [0.25, 0.3) is 0 Å². The van der Waals surface area contributed by atoms with Gasteiger partial charge < -0.3 is 15.8 Å². The fourth-order valence-corrected chi connectivity index (χ4v) is 1.31. The third-order valence-corrected chi connectivity index (χ3v) is 2.12. The number of hydrogen-bond acceptors (Lipinski definition) is 5. The quantitative estimate of drug-likeness (QED) is 0.745. The first-order valence-electron chi connectivity index (χ1n) is 5.48. The van der Waals surface area contributed by atoms with Crippen molar-refractivity contribution in [3.05, 3.63) is 0 Å². The summed E-state index contributed by atoms with van der Waals surface area (Å²) < 4.78 is 5.10. The number of amides is 1. The Labute approximate surface area is 95.6 Å². The Kier molecular flexibility index (Phi) is 3.85. The summed E-state index contributed by atoms with van der Waals surface area (Å²) in [7, 11) is 0. The Morgan fingerprint density at radius 3 is 2.44 bits per heavy atom. The fraction of sp³-hybridized carbons (Fsp3) is 0.900. The van der Waals surface area contributed by atoms with Crippen LogP contribution >= 0.6 is 0 Å². The molecule has 0 unspecified atom stereocenters. The van der Waals surface area contributed by atoms with E-state index in [9.17, 15) is 4.79 Å². The maximum atomic E-state index is 11.3. The Morgan fingerprint density at radius 1 is 1.38 bits per heavy atom. The van der Waals surface area contributed by atoms with Gasteiger partial charge in [0, 0.05) is 19.4 Å². The molecule has 1 amide bonds. The van der Waals surface area contributed by atoms with Crippen LogP contribution in [0.2, 0.25) is 0 Å². The van der Waals surface area contributed by atoms with Crippen LogP contribution in [0.15, 0.2) is 10.2 Å². The molecule has 0 fully saturated rings. The second-order valence-corrected chi connectivity index (χ2v) is 4.90. The topological polar surface area (TPSA) is 89.1 Å². The Morgan fingerprint density at radius 2 is 2.00 bits per heavy atom. The molecular formula is C10H20N4O2. The molecule has 6 nitrogen and oxygen atoms in total. The van der Waals surface area contributed by atoms with E-state index in [0.29, 0.717) is 19.5 Å². The third kappa shape index (κ3) is 4.57. The molecule has 0 radical (unpaired) electrons. The standard InChI is InChI=1S/C10H20N4O2/c1-9(2,3)16-8(15)12-7-5-10(4-6-11)13-14-10/h4-7,11H2,1-3H3,(H,12,15). The molecular weight excluding hydrogens is 208 g/mol. The number of ether oxygens (including phenoxy) is 1. The second-order valence-electron chi connectivity index (χ2n) is 4.90. The predicted molar refractivity (Wildman–Crippen MR) is 60.1 cm³/mol. The number of carbonyl (C=O) groups excluding carboxylic acids is 1. The Bertz CT molecular complexity index is 277. The lowest BCUT2D eigenvalue weighted by atomic mass is 10.1. The minimum absolute atomic E-state index is 0.330. The number of nitrogens with one attached hydrogen (secondary N) is 1. The maximum absolute atomic E-state index is 11.3. The molecule has 0 aromatic heterocycles. The van der Waals surface area contributed by atoms with Crippen molar-refractivity contribution in [3.63, 3.8) is 0 Å². The summed E-state index contributed by atoms with van der Waals surface area (Å²) in [6.07, 6.45) is 1.02. The molecule has 1 aliphatic heterocycles. The average molecular weight is 228 g/mol. The van der Waals surface area contributed by atoms with Crippen LogP contribution in [0.25, 0.3) is 0 Å². The summed E-state index contributed by atoms with van der Waals surface area (Å²) >= 11 is 0. The van der Waals surface area contributed by atoms with Crippen molar-refractivity contribution >= 4 is 6.09 Å². The highest BCUT2D eigenvalue weighted by molar-refractivity contribution is 5.67. The highest BCUT2D eigenvalue weighted by Crippen LogP contribution is 2.34. The molecule has 0 saturated carbocycles. The first-order chi connectivity index (χ1) is 7.37. The number of nitrogens with two attached hydrogens (primary N) is 1. The first kappa shape index (κ1) is 12.9. The van der Waals surface area contributed by atoms with Crippen LogP contribution in [-0.2, 0) is 4.74 Å². The van der Waals surface area contributed by atoms with E-state index in [0.717, 1.165) is 6.42 Å². The molecule has 3 N–H and O–H groups in total. The molecule has 0 atom stereocenters. The van der Waals surface area contributed by atoms with E-state index in [1.54, 1.807) is 0 Å². The number of rotatable bonds is 5. The van der Waals surface area contributed by atoms with Crippen molar-refractivity contribution < 1.29 is 9.53 Å². The van der Waals surface area contributed by atoms with E-state index in [4.69, 9.17) is 10.5 Å². The summed E-state index contributed by atoms with van der Waals surface area (Å²) in [6, 6.07) is 0. The molecule has 0 spiro atoms. The van der Waals surface area contributed by atoms with Crippen LogP contribution in [0.4, 0.5) is 4.79 Å². The Hall–Kier alpha value is -1.17. The molecule has 0 aromatic rings. The molecule has 16 heavy (non-hydrogen) atoms. The molecule has 1 aliphatic rings. The minimum atomic E-state index is -0.465. The van der Waals surface area contributed by atoms with Crippen molar-refractivity contribution in [3.8, 4) is 0 Å². The smallest absolute Gasteiger partial charge is 0.407 e. The highest BCUT2D eigenvalue weighted by atomic mass is 16.6. The zero-order valence-corrected chi connectivity index (χ0v) is 10.1. The van der Waals surface area contributed by atoms with Gasteiger partial charge >= 0.3 is 6.09 Å². The number of alkyl carbamates (subject to hydrolysis) is 1. The van der Waals surface area contributed by atoms with Crippen LogP contribution in [-0.4, -0.2) is 30.4 Å². The number of carbonyl (C=O) groups is 1. The van der Waals surface area contributed by atoms with Crippen LogP contribution in [0, 0.1) is 0 Å². The lowest BCUT2D eigenvalue weighted by Crippen LogP contribution is -2.34. The van der Waals surface area contributed by atoms with Crippen molar-refractivity contribution in [1.82, 2.24) is 5.32 Å². The minimum Gasteiger partial charge on any atom is -0.444 e. The highest BCUT2D eigenvalue weighted by Gasteiger charge is 2.38. The lowest BCUT2D eigenvalue weighted by Gasteiger charge is -2.20. The summed E-state index contributed by atoms with van der Waals surface area (Å²) in [5, 5.41) is 10.6. The maximum Gasteiger partial charge on any atom is 0.407 e. The molecule has 0 saturated heterocycles. The zero-order valence-electron chi connectivity index (χ0n) is 10.1. The average Bonchev–Trinajstić information content (AvgIpc) is 2.82. The SMILES string of the molecule is CC(C)(C)OC(=O)NCCC1(CCN)N=N1. The molecule has 0 bridgehead atoms. The van der Waals surface area contributed by atoms with E-state index in [2.05, 4.69) is 15.5 Å². The van der Waals surface area contributed by atoms with Crippen molar-refractivity contribution in [1.29, 1.82) is 0 Å².